The van der Waals surface area contributed by atoms with Crippen LogP contribution in [0.15, 0.2) is 62.7 Å². The van der Waals surface area contributed by atoms with Gasteiger partial charge in [-0.2, -0.15) is 14.8 Å². The molecule has 1 aromatic heterocycles. The number of thioether (sulfide) groups is 1. The maximum atomic E-state index is 12.9. The van der Waals surface area contributed by atoms with E-state index in [4.69, 9.17) is 14.9 Å². The molecular formula is C22H20N6O4S2. The molecule has 0 saturated heterocycles. The third-order valence-electron chi connectivity index (χ3n) is 4.66. The lowest BCUT2D eigenvalue weighted by Gasteiger charge is -2.20. The molecule has 1 heterocycles. The number of anilines is 1. The number of carbonyl (C=O) groups excluding carboxylic acids is 1. The second kappa shape index (κ2) is 11.4. The standard InChI is InChI=1S/C22H20N6O4S2/c1-33-18-6-2-5-17(15-18)21-26-27-22(32-21)25-20(29)16-7-9-19(10-8-16)34(30,31)28(13-3-11-23)14-4-12-24/h2,5-10,15H,3-4,13-14H2,1H3,(H,25,27,29). The van der Waals surface area contributed by atoms with E-state index in [1.165, 1.54) is 24.3 Å². The van der Waals surface area contributed by atoms with Crippen LogP contribution in [0.2, 0.25) is 0 Å². The van der Waals surface area contributed by atoms with E-state index in [2.05, 4.69) is 15.5 Å². The average Bonchev–Trinajstić information content (AvgIpc) is 3.32. The largest absolute Gasteiger partial charge is 0.403 e. The van der Waals surface area contributed by atoms with Crippen LogP contribution in [0.4, 0.5) is 6.01 Å². The third-order valence-corrected chi connectivity index (χ3v) is 7.30. The number of amides is 1. The number of aromatic nitrogens is 2. The van der Waals surface area contributed by atoms with Gasteiger partial charge in [-0.25, -0.2) is 8.42 Å². The molecule has 0 bridgehead atoms. The van der Waals surface area contributed by atoms with Crippen LogP contribution in [0, 0.1) is 22.7 Å². The first-order valence-corrected chi connectivity index (χ1v) is 12.7. The summed E-state index contributed by atoms with van der Waals surface area (Å²) in [7, 11) is -3.92. The number of sulfonamides is 1. The zero-order chi connectivity index (χ0) is 24.6. The van der Waals surface area contributed by atoms with E-state index in [1.54, 1.807) is 11.8 Å². The fourth-order valence-electron chi connectivity index (χ4n) is 2.94. The van der Waals surface area contributed by atoms with Gasteiger partial charge in [0.25, 0.3) is 5.91 Å². The van der Waals surface area contributed by atoms with E-state index in [-0.39, 0.29) is 48.3 Å². The maximum absolute atomic E-state index is 12.9. The summed E-state index contributed by atoms with van der Waals surface area (Å²) >= 11 is 1.57. The SMILES string of the molecule is CSc1cccc(-c2nnc(NC(=O)c3ccc(S(=O)(=O)N(CCC#N)CCC#N)cc3)o2)c1. The van der Waals surface area contributed by atoms with Gasteiger partial charge in [-0.3, -0.25) is 10.1 Å². The maximum Gasteiger partial charge on any atom is 0.322 e. The molecule has 12 heteroatoms. The Morgan fingerprint density at radius 2 is 1.76 bits per heavy atom. The number of hydrogen-bond donors (Lipinski definition) is 1. The quantitative estimate of drug-likeness (QED) is 0.415. The summed E-state index contributed by atoms with van der Waals surface area (Å²) < 4.78 is 32.4. The minimum Gasteiger partial charge on any atom is -0.403 e. The molecule has 0 fully saturated rings. The molecule has 0 radical (unpaired) electrons. The van der Waals surface area contributed by atoms with Crippen LogP contribution in [0.3, 0.4) is 0 Å². The van der Waals surface area contributed by atoms with Gasteiger partial charge in [-0.05, 0) is 48.7 Å². The second-order valence-corrected chi connectivity index (χ2v) is 9.66. The van der Waals surface area contributed by atoms with Gasteiger partial charge in [-0.1, -0.05) is 11.2 Å². The number of hydrogen-bond acceptors (Lipinski definition) is 9. The minimum absolute atomic E-state index is 0.00110. The van der Waals surface area contributed by atoms with Gasteiger partial charge in [0.2, 0.25) is 15.9 Å². The molecule has 3 rings (SSSR count). The van der Waals surface area contributed by atoms with E-state index in [9.17, 15) is 13.2 Å². The summed E-state index contributed by atoms with van der Waals surface area (Å²) in [6.07, 6.45) is 1.95. The molecule has 34 heavy (non-hydrogen) atoms. The van der Waals surface area contributed by atoms with Gasteiger partial charge in [0, 0.05) is 42.0 Å². The van der Waals surface area contributed by atoms with Gasteiger partial charge >= 0.3 is 6.01 Å². The van der Waals surface area contributed by atoms with Crippen molar-refractivity contribution in [2.24, 2.45) is 0 Å². The van der Waals surface area contributed by atoms with Gasteiger partial charge < -0.3 is 4.42 Å². The number of benzene rings is 2. The first-order chi connectivity index (χ1) is 16.4. The number of nitrogens with zero attached hydrogens (tertiary/aromatic N) is 5. The average molecular weight is 497 g/mol. The molecule has 0 atom stereocenters. The van der Waals surface area contributed by atoms with Crippen molar-refractivity contribution in [2.45, 2.75) is 22.6 Å². The van der Waals surface area contributed by atoms with E-state index in [0.717, 1.165) is 9.20 Å². The minimum atomic E-state index is -3.92. The smallest absolute Gasteiger partial charge is 0.322 e. The molecule has 0 unspecified atom stereocenters. The third kappa shape index (κ3) is 5.99. The molecule has 0 spiro atoms. The Kier molecular flexibility index (Phi) is 8.38. The molecule has 2 aromatic carbocycles. The van der Waals surface area contributed by atoms with Crippen molar-refractivity contribution < 1.29 is 17.6 Å². The van der Waals surface area contributed by atoms with E-state index in [0.29, 0.717) is 5.56 Å². The highest BCUT2D eigenvalue weighted by Gasteiger charge is 2.24. The lowest BCUT2D eigenvalue weighted by atomic mass is 10.2. The van der Waals surface area contributed by atoms with Crippen molar-refractivity contribution in [3.63, 3.8) is 0 Å². The second-order valence-electron chi connectivity index (χ2n) is 6.84. The molecule has 174 valence electrons. The Balaban J connectivity index is 1.72. The van der Waals surface area contributed by atoms with Crippen LogP contribution in [0.25, 0.3) is 11.5 Å². The van der Waals surface area contributed by atoms with Crippen LogP contribution in [0.1, 0.15) is 23.2 Å². The van der Waals surface area contributed by atoms with Crippen molar-refractivity contribution in [3.8, 4) is 23.6 Å². The Bertz CT molecular complexity index is 1320. The highest BCUT2D eigenvalue weighted by Crippen LogP contribution is 2.25. The van der Waals surface area contributed by atoms with Gasteiger partial charge in [-0.15, -0.1) is 16.9 Å². The molecule has 0 aliphatic rings. The molecule has 1 amide bonds. The number of nitriles is 2. The zero-order valence-electron chi connectivity index (χ0n) is 18.1. The lowest BCUT2D eigenvalue weighted by molar-refractivity contribution is 0.102. The highest BCUT2D eigenvalue weighted by molar-refractivity contribution is 7.98. The Hall–Kier alpha value is -3.71. The van der Waals surface area contributed by atoms with Crippen molar-refractivity contribution >= 4 is 33.7 Å². The molecule has 0 aliphatic carbocycles. The molecule has 0 aliphatic heterocycles. The molecular weight excluding hydrogens is 476 g/mol. The molecule has 1 N–H and O–H groups in total. The van der Waals surface area contributed by atoms with Gasteiger partial charge in [0.05, 0.1) is 17.0 Å². The van der Waals surface area contributed by atoms with E-state index >= 15 is 0 Å². The van der Waals surface area contributed by atoms with Crippen LogP contribution < -0.4 is 5.32 Å². The predicted octanol–water partition coefficient (Wildman–Crippen LogP) is 3.53. The Morgan fingerprint density at radius 3 is 2.38 bits per heavy atom. The fraction of sp³-hybridized carbons (Fsp3) is 0.227. The van der Waals surface area contributed by atoms with Crippen molar-refractivity contribution in [1.82, 2.24) is 14.5 Å². The van der Waals surface area contributed by atoms with Crippen LogP contribution in [-0.2, 0) is 10.0 Å². The van der Waals surface area contributed by atoms with Crippen LogP contribution in [-0.4, -0.2) is 48.2 Å². The van der Waals surface area contributed by atoms with Gasteiger partial charge in [0.1, 0.15) is 0 Å². The Labute approximate surface area is 201 Å². The Morgan fingerprint density at radius 1 is 1.09 bits per heavy atom. The number of nitrogens with one attached hydrogen (secondary N) is 1. The van der Waals surface area contributed by atoms with Crippen molar-refractivity contribution in [2.75, 3.05) is 24.7 Å². The molecule has 10 nitrogen and oxygen atoms in total. The fourth-order valence-corrected chi connectivity index (χ4v) is 4.85. The van der Waals surface area contributed by atoms with E-state index < -0.39 is 15.9 Å². The summed E-state index contributed by atoms with van der Waals surface area (Å²) in [6.45, 7) is -0.0514. The summed E-state index contributed by atoms with van der Waals surface area (Å²) in [5.74, 6) is -0.301. The number of rotatable bonds is 10. The topological polar surface area (TPSA) is 153 Å². The predicted molar refractivity (Wildman–Crippen MR) is 125 cm³/mol. The van der Waals surface area contributed by atoms with Crippen LogP contribution >= 0.6 is 11.8 Å². The first-order valence-electron chi connectivity index (χ1n) is 10.0. The monoisotopic (exact) mass is 496 g/mol. The zero-order valence-corrected chi connectivity index (χ0v) is 19.8. The number of carbonyl (C=O) groups is 1. The molecule has 3 aromatic rings. The van der Waals surface area contributed by atoms with E-state index in [1.807, 2.05) is 42.7 Å². The summed E-state index contributed by atoms with van der Waals surface area (Å²) in [5.41, 5.74) is 0.899. The normalized spacial score (nSPS) is 11.1. The van der Waals surface area contributed by atoms with Crippen molar-refractivity contribution in [3.05, 3.63) is 54.1 Å². The lowest BCUT2D eigenvalue weighted by Crippen LogP contribution is -2.32. The van der Waals surface area contributed by atoms with Gasteiger partial charge in [0.15, 0.2) is 0 Å². The van der Waals surface area contributed by atoms with Crippen molar-refractivity contribution in [1.29, 1.82) is 10.5 Å². The summed E-state index contributed by atoms with van der Waals surface area (Å²) in [6, 6.07) is 16.5. The highest BCUT2D eigenvalue weighted by atomic mass is 32.2. The first kappa shape index (κ1) is 24.9. The van der Waals surface area contributed by atoms with Crippen LogP contribution in [0.5, 0.6) is 0 Å². The summed E-state index contributed by atoms with van der Waals surface area (Å²) in [4.78, 5) is 13.5. The summed E-state index contributed by atoms with van der Waals surface area (Å²) in [5, 5.41) is 27.9. The molecule has 0 saturated carbocycles.